The molecule has 0 saturated heterocycles. The lowest BCUT2D eigenvalue weighted by Gasteiger charge is -2.03. The molecule has 0 unspecified atom stereocenters. The molecule has 4 heteroatoms. The Bertz CT molecular complexity index is 259. The molecule has 4 nitrogen and oxygen atoms in total. The number of hydrogen-bond acceptors (Lipinski definition) is 4. The lowest BCUT2D eigenvalue weighted by molar-refractivity contribution is -0.144. The highest BCUT2D eigenvalue weighted by Crippen LogP contribution is 2.53. The van der Waals surface area contributed by atoms with E-state index in [4.69, 9.17) is 15.1 Å². The molecule has 0 aliphatic heterocycles. The van der Waals surface area contributed by atoms with Crippen molar-refractivity contribution in [2.24, 2.45) is 11.3 Å². The smallest absolute Gasteiger partial charge is 0.306 e. The molecule has 1 rings (SSSR count). The Morgan fingerprint density at radius 3 is 3.00 bits per heavy atom. The van der Waals surface area contributed by atoms with E-state index < -0.39 is 0 Å². The average Bonchev–Trinajstić information content (AvgIpc) is 2.78. The fourth-order valence-corrected chi connectivity index (χ4v) is 1.40. The molecule has 0 aromatic heterocycles. The molecule has 0 bridgehead atoms. The Morgan fingerprint density at radius 1 is 1.79 bits per heavy atom. The van der Waals surface area contributed by atoms with Gasteiger partial charge in [-0.3, -0.25) is 4.79 Å². The first kappa shape index (κ1) is 11.0. The van der Waals surface area contributed by atoms with Gasteiger partial charge in [0.2, 0.25) is 0 Å². The maximum absolute atomic E-state index is 11.2. The van der Waals surface area contributed by atoms with Crippen LogP contribution in [0.25, 0.3) is 0 Å². The number of hydrogen-bond donors (Lipinski definition) is 1. The summed E-state index contributed by atoms with van der Waals surface area (Å²) in [5.74, 6) is -0.100. The average molecular weight is 197 g/mol. The highest BCUT2D eigenvalue weighted by molar-refractivity contribution is 5.70. The second-order valence-electron chi connectivity index (χ2n) is 3.93. The van der Waals surface area contributed by atoms with Gasteiger partial charge in [-0.2, -0.15) is 5.26 Å². The van der Waals surface area contributed by atoms with Crippen molar-refractivity contribution in [2.45, 2.75) is 26.2 Å². The van der Waals surface area contributed by atoms with Gasteiger partial charge in [-0.05, 0) is 19.3 Å². The number of carbonyl (C=O) groups excluding carboxylic acids is 1. The summed E-state index contributed by atoms with van der Waals surface area (Å²) >= 11 is 0. The van der Waals surface area contributed by atoms with E-state index in [1.165, 1.54) is 0 Å². The largest absolute Gasteiger partial charge is 0.466 e. The molecule has 0 spiro atoms. The van der Waals surface area contributed by atoms with E-state index >= 15 is 0 Å². The van der Waals surface area contributed by atoms with E-state index in [1.807, 2.05) is 6.92 Å². The summed E-state index contributed by atoms with van der Waals surface area (Å²) in [6.45, 7) is 2.16. The molecular formula is C10H15NO3. The van der Waals surface area contributed by atoms with Crippen LogP contribution in [0.5, 0.6) is 0 Å². The van der Waals surface area contributed by atoms with Crippen molar-refractivity contribution in [1.29, 1.82) is 5.26 Å². The van der Waals surface area contributed by atoms with Crippen molar-refractivity contribution < 1.29 is 14.6 Å². The summed E-state index contributed by atoms with van der Waals surface area (Å²) in [5.41, 5.74) is -0.310. The van der Waals surface area contributed by atoms with Crippen LogP contribution in [0.15, 0.2) is 0 Å². The molecule has 0 radical (unpaired) electrons. The summed E-state index contributed by atoms with van der Waals surface area (Å²) in [5, 5.41) is 17.2. The number of nitrogens with zero attached hydrogens (tertiary/aromatic N) is 1. The van der Waals surface area contributed by atoms with Crippen LogP contribution in [0.3, 0.4) is 0 Å². The number of ether oxygens (including phenoxy) is 1. The highest BCUT2D eigenvalue weighted by atomic mass is 16.5. The topological polar surface area (TPSA) is 70.3 Å². The van der Waals surface area contributed by atoms with Crippen molar-refractivity contribution in [1.82, 2.24) is 0 Å². The van der Waals surface area contributed by atoms with Crippen LogP contribution in [0.4, 0.5) is 0 Å². The van der Waals surface area contributed by atoms with Crippen LogP contribution >= 0.6 is 0 Å². The lowest BCUT2D eigenvalue weighted by Crippen LogP contribution is -2.09. The van der Waals surface area contributed by atoms with E-state index in [9.17, 15) is 4.79 Å². The molecule has 0 heterocycles. The molecule has 14 heavy (non-hydrogen) atoms. The zero-order valence-corrected chi connectivity index (χ0v) is 8.32. The Kier molecular flexibility index (Phi) is 3.48. The SMILES string of the molecule is C[C@@]1(C#N)C[C@@H]1CC(=O)OCCCO. The van der Waals surface area contributed by atoms with E-state index in [2.05, 4.69) is 6.07 Å². The van der Waals surface area contributed by atoms with Crippen LogP contribution in [-0.2, 0) is 9.53 Å². The lowest BCUT2D eigenvalue weighted by atomic mass is 10.1. The van der Waals surface area contributed by atoms with Crippen molar-refractivity contribution in [2.75, 3.05) is 13.2 Å². The highest BCUT2D eigenvalue weighted by Gasteiger charge is 2.51. The van der Waals surface area contributed by atoms with Crippen LogP contribution in [0, 0.1) is 22.7 Å². The van der Waals surface area contributed by atoms with Gasteiger partial charge in [-0.25, -0.2) is 0 Å². The Morgan fingerprint density at radius 2 is 2.50 bits per heavy atom. The van der Waals surface area contributed by atoms with Crippen LogP contribution in [-0.4, -0.2) is 24.3 Å². The molecule has 0 aromatic carbocycles. The molecular weight excluding hydrogens is 182 g/mol. The predicted molar refractivity (Wildman–Crippen MR) is 49.1 cm³/mol. The van der Waals surface area contributed by atoms with Gasteiger partial charge in [-0.15, -0.1) is 0 Å². The number of carbonyl (C=O) groups is 1. The van der Waals surface area contributed by atoms with Gasteiger partial charge in [0.05, 0.1) is 18.1 Å². The third-order valence-electron chi connectivity index (χ3n) is 2.65. The molecule has 78 valence electrons. The summed E-state index contributed by atoms with van der Waals surface area (Å²) in [7, 11) is 0. The monoisotopic (exact) mass is 197 g/mol. The minimum absolute atomic E-state index is 0.0343. The van der Waals surface area contributed by atoms with Crippen molar-refractivity contribution >= 4 is 5.97 Å². The quantitative estimate of drug-likeness (QED) is 0.524. The molecule has 0 aromatic rings. The maximum atomic E-state index is 11.2. The standard InChI is InChI=1S/C10H15NO3/c1-10(7-11)6-8(10)5-9(13)14-4-2-3-12/h8,12H,2-6H2,1H3/t8-,10-/m0/s1. The van der Waals surface area contributed by atoms with Crippen molar-refractivity contribution in [3.05, 3.63) is 0 Å². The number of nitriles is 1. The Hall–Kier alpha value is -1.08. The Labute approximate surface area is 83.5 Å². The van der Waals surface area contributed by atoms with E-state index in [1.54, 1.807) is 0 Å². The van der Waals surface area contributed by atoms with E-state index in [0.29, 0.717) is 12.8 Å². The fourth-order valence-electron chi connectivity index (χ4n) is 1.40. The van der Waals surface area contributed by atoms with Gasteiger partial charge < -0.3 is 9.84 Å². The predicted octanol–water partition coefficient (Wildman–Crippen LogP) is 0.852. The molecule has 1 aliphatic rings. The van der Waals surface area contributed by atoms with Crippen LogP contribution < -0.4 is 0 Å². The third-order valence-corrected chi connectivity index (χ3v) is 2.65. The molecule has 1 N–H and O–H groups in total. The molecule has 1 fully saturated rings. The van der Waals surface area contributed by atoms with E-state index in [-0.39, 0.29) is 30.5 Å². The normalized spacial score (nSPS) is 29.4. The molecule has 1 aliphatic carbocycles. The molecule has 1 saturated carbocycles. The summed E-state index contributed by atoms with van der Waals surface area (Å²) in [6.07, 6.45) is 1.60. The van der Waals surface area contributed by atoms with Crippen LogP contribution in [0.1, 0.15) is 26.2 Å². The van der Waals surface area contributed by atoms with Gasteiger partial charge in [0.15, 0.2) is 0 Å². The maximum Gasteiger partial charge on any atom is 0.306 e. The zero-order valence-electron chi connectivity index (χ0n) is 8.32. The number of aliphatic hydroxyl groups is 1. The van der Waals surface area contributed by atoms with Gasteiger partial charge in [0.25, 0.3) is 0 Å². The van der Waals surface area contributed by atoms with Gasteiger partial charge >= 0.3 is 5.97 Å². The summed E-state index contributed by atoms with van der Waals surface area (Å²) in [6, 6.07) is 2.19. The van der Waals surface area contributed by atoms with Crippen molar-refractivity contribution in [3.63, 3.8) is 0 Å². The number of esters is 1. The van der Waals surface area contributed by atoms with Crippen molar-refractivity contribution in [3.8, 4) is 6.07 Å². The van der Waals surface area contributed by atoms with Gasteiger partial charge in [-0.1, -0.05) is 0 Å². The molecule has 2 atom stereocenters. The second kappa shape index (κ2) is 4.43. The number of rotatable bonds is 5. The summed E-state index contributed by atoms with van der Waals surface area (Å²) in [4.78, 5) is 11.2. The third kappa shape index (κ3) is 2.71. The van der Waals surface area contributed by atoms with E-state index in [0.717, 1.165) is 6.42 Å². The summed E-state index contributed by atoms with van der Waals surface area (Å²) < 4.78 is 4.86. The Balaban J connectivity index is 2.15. The van der Waals surface area contributed by atoms with Gasteiger partial charge in [0.1, 0.15) is 0 Å². The fraction of sp³-hybridized carbons (Fsp3) is 0.800. The minimum atomic E-state index is -0.310. The van der Waals surface area contributed by atoms with Crippen LogP contribution in [0.2, 0.25) is 0 Å². The minimum Gasteiger partial charge on any atom is -0.466 e. The molecule has 0 amide bonds. The first-order valence-corrected chi connectivity index (χ1v) is 4.80. The second-order valence-corrected chi connectivity index (χ2v) is 3.93. The zero-order chi connectivity index (χ0) is 10.6. The first-order chi connectivity index (χ1) is 6.62. The van der Waals surface area contributed by atoms with Gasteiger partial charge in [0, 0.05) is 19.4 Å². The first-order valence-electron chi connectivity index (χ1n) is 4.80. The number of aliphatic hydroxyl groups excluding tert-OH is 1.